The Morgan fingerprint density at radius 2 is 2.43 bits per heavy atom. The summed E-state index contributed by atoms with van der Waals surface area (Å²) in [5.41, 5.74) is 6.88. The van der Waals surface area contributed by atoms with Crippen LogP contribution in [-0.2, 0) is 9.53 Å². The molecule has 0 radical (unpaired) electrons. The van der Waals surface area contributed by atoms with Crippen LogP contribution >= 0.6 is 0 Å². The Hall–Kier alpha value is -1.62. The molecule has 5 heteroatoms. The van der Waals surface area contributed by atoms with Gasteiger partial charge in [-0.3, -0.25) is 9.78 Å². The quantitative estimate of drug-likeness (QED) is 0.650. The largest absolute Gasteiger partial charge is 0.397 e. The van der Waals surface area contributed by atoms with Gasteiger partial charge in [0.1, 0.15) is 6.61 Å². The number of amides is 1. The number of nitrogens with zero attached hydrogens (tertiary/aromatic N) is 1. The summed E-state index contributed by atoms with van der Waals surface area (Å²) >= 11 is 0. The number of aromatic nitrogens is 1. The smallest absolute Gasteiger partial charge is 0.246 e. The molecule has 1 aromatic rings. The van der Waals surface area contributed by atoms with Crippen molar-refractivity contribution in [3.8, 4) is 0 Å². The van der Waals surface area contributed by atoms with Crippen molar-refractivity contribution in [1.82, 2.24) is 10.3 Å². The molecule has 2 heterocycles. The second-order valence-electron chi connectivity index (χ2n) is 3.15. The fourth-order valence-corrected chi connectivity index (χ4v) is 1.33. The zero-order valence-electron chi connectivity index (χ0n) is 7.56. The third kappa shape index (κ3) is 1.82. The molecule has 1 aliphatic rings. The molecule has 0 aromatic carbocycles. The van der Waals surface area contributed by atoms with Crippen LogP contribution in [0.1, 0.15) is 11.7 Å². The van der Waals surface area contributed by atoms with Gasteiger partial charge in [0.05, 0.1) is 30.2 Å². The Kier molecular flexibility index (Phi) is 2.32. The number of nitrogens with two attached hydrogens (primary N) is 1. The van der Waals surface area contributed by atoms with Crippen molar-refractivity contribution in [1.29, 1.82) is 0 Å². The molecule has 1 atom stereocenters. The van der Waals surface area contributed by atoms with Gasteiger partial charge in [0.15, 0.2) is 0 Å². The lowest BCUT2D eigenvalue weighted by Crippen LogP contribution is -2.40. The molecule has 1 aliphatic heterocycles. The number of hydrogen-bond donors (Lipinski definition) is 2. The lowest BCUT2D eigenvalue weighted by Gasteiger charge is -2.22. The summed E-state index contributed by atoms with van der Waals surface area (Å²) < 4.78 is 5.10. The van der Waals surface area contributed by atoms with Gasteiger partial charge in [0.2, 0.25) is 5.91 Å². The minimum atomic E-state index is -0.156. The third-order valence-electron chi connectivity index (χ3n) is 2.02. The lowest BCUT2D eigenvalue weighted by atomic mass is 10.2. The van der Waals surface area contributed by atoms with E-state index in [9.17, 15) is 4.79 Å². The van der Waals surface area contributed by atoms with Gasteiger partial charge >= 0.3 is 0 Å². The van der Waals surface area contributed by atoms with Crippen LogP contribution in [-0.4, -0.2) is 24.1 Å². The van der Waals surface area contributed by atoms with Crippen LogP contribution in [0.3, 0.4) is 0 Å². The highest BCUT2D eigenvalue weighted by molar-refractivity contribution is 5.78. The number of nitrogen functional groups attached to an aromatic ring is 1. The van der Waals surface area contributed by atoms with E-state index in [0.29, 0.717) is 12.3 Å². The van der Waals surface area contributed by atoms with E-state index in [4.69, 9.17) is 10.5 Å². The van der Waals surface area contributed by atoms with Crippen molar-refractivity contribution in [2.24, 2.45) is 0 Å². The molecule has 3 N–H and O–H groups in total. The highest BCUT2D eigenvalue weighted by Crippen LogP contribution is 2.14. The Morgan fingerprint density at radius 1 is 1.57 bits per heavy atom. The van der Waals surface area contributed by atoms with Crippen LogP contribution < -0.4 is 11.1 Å². The molecule has 5 nitrogen and oxygen atoms in total. The van der Waals surface area contributed by atoms with E-state index in [1.165, 1.54) is 0 Å². The number of morpholine rings is 1. The molecule has 1 unspecified atom stereocenters. The van der Waals surface area contributed by atoms with E-state index in [2.05, 4.69) is 10.3 Å². The number of hydrogen-bond acceptors (Lipinski definition) is 4. The molecule has 1 amide bonds. The summed E-state index contributed by atoms with van der Waals surface area (Å²) in [4.78, 5) is 15.1. The van der Waals surface area contributed by atoms with Gasteiger partial charge in [-0.1, -0.05) is 0 Å². The zero-order valence-corrected chi connectivity index (χ0v) is 7.56. The normalized spacial score (nSPS) is 21.7. The Bertz CT molecular complexity index is 336. The lowest BCUT2D eigenvalue weighted by molar-refractivity contribution is -0.131. The maximum Gasteiger partial charge on any atom is 0.246 e. The average Bonchev–Trinajstić information content (AvgIpc) is 2.19. The van der Waals surface area contributed by atoms with Crippen LogP contribution in [0.15, 0.2) is 18.3 Å². The molecule has 14 heavy (non-hydrogen) atoms. The van der Waals surface area contributed by atoms with Crippen molar-refractivity contribution >= 4 is 11.6 Å². The van der Waals surface area contributed by atoms with Gasteiger partial charge in [-0.25, -0.2) is 0 Å². The van der Waals surface area contributed by atoms with Crippen LogP contribution in [0.2, 0.25) is 0 Å². The first-order chi connectivity index (χ1) is 6.75. The third-order valence-corrected chi connectivity index (χ3v) is 2.02. The van der Waals surface area contributed by atoms with E-state index < -0.39 is 0 Å². The van der Waals surface area contributed by atoms with E-state index in [-0.39, 0.29) is 18.6 Å². The van der Waals surface area contributed by atoms with Gasteiger partial charge in [-0.2, -0.15) is 0 Å². The Balaban J connectivity index is 2.14. The zero-order chi connectivity index (χ0) is 9.97. The minimum Gasteiger partial charge on any atom is -0.397 e. The first kappa shape index (κ1) is 8.96. The molecular formula is C9H11N3O2. The molecular weight excluding hydrogens is 182 g/mol. The highest BCUT2D eigenvalue weighted by Gasteiger charge is 2.20. The van der Waals surface area contributed by atoms with Crippen LogP contribution in [0.5, 0.6) is 0 Å². The molecule has 2 rings (SSSR count). The number of ether oxygens (including phenoxy) is 1. The maximum atomic E-state index is 11.0. The number of rotatable bonds is 1. The summed E-state index contributed by atoms with van der Waals surface area (Å²) in [6.07, 6.45) is 1.57. The van der Waals surface area contributed by atoms with Crippen molar-refractivity contribution in [3.63, 3.8) is 0 Å². The van der Waals surface area contributed by atoms with Crippen LogP contribution in [0.4, 0.5) is 5.69 Å². The first-order valence-corrected chi connectivity index (χ1v) is 4.34. The molecule has 74 valence electrons. The summed E-state index contributed by atoms with van der Waals surface area (Å²) in [5.74, 6) is -0.111. The van der Waals surface area contributed by atoms with Crippen LogP contribution in [0, 0.1) is 0 Å². The molecule has 1 aromatic heterocycles. The van der Waals surface area contributed by atoms with Crippen molar-refractivity contribution < 1.29 is 9.53 Å². The number of nitrogens with one attached hydrogen (secondary N) is 1. The second kappa shape index (κ2) is 3.63. The standard InChI is InChI=1S/C9H11N3O2/c10-6-1-2-7(11-3-6)8-4-14-5-9(13)12-8/h1-3,8H,4-5,10H2,(H,12,13). The molecule has 0 bridgehead atoms. The van der Waals surface area contributed by atoms with Crippen molar-refractivity contribution in [2.75, 3.05) is 18.9 Å². The molecule has 1 saturated heterocycles. The van der Waals surface area contributed by atoms with Crippen LogP contribution in [0.25, 0.3) is 0 Å². The van der Waals surface area contributed by atoms with Crippen molar-refractivity contribution in [3.05, 3.63) is 24.0 Å². The fourth-order valence-electron chi connectivity index (χ4n) is 1.33. The van der Waals surface area contributed by atoms with Gasteiger partial charge in [-0.05, 0) is 12.1 Å². The van der Waals surface area contributed by atoms with Gasteiger partial charge in [0.25, 0.3) is 0 Å². The molecule has 0 saturated carbocycles. The number of pyridine rings is 1. The number of carbonyl (C=O) groups is 1. The van der Waals surface area contributed by atoms with E-state index >= 15 is 0 Å². The highest BCUT2D eigenvalue weighted by atomic mass is 16.5. The van der Waals surface area contributed by atoms with E-state index in [1.807, 2.05) is 0 Å². The number of anilines is 1. The van der Waals surface area contributed by atoms with Gasteiger partial charge < -0.3 is 15.8 Å². The number of carbonyl (C=O) groups excluding carboxylic acids is 1. The fraction of sp³-hybridized carbons (Fsp3) is 0.333. The van der Waals surface area contributed by atoms with Gasteiger partial charge in [-0.15, -0.1) is 0 Å². The average molecular weight is 193 g/mol. The first-order valence-electron chi connectivity index (χ1n) is 4.34. The summed E-state index contributed by atoms with van der Waals surface area (Å²) in [6, 6.07) is 3.38. The summed E-state index contributed by atoms with van der Waals surface area (Å²) in [7, 11) is 0. The molecule has 0 aliphatic carbocycles. The molecule has 0 spiro atoms. The summed E-state index contributed by atoms with van der Waals surface area (Å²) in [5, 5.41) is 2.78. The predicted octanol–water partition coefficient (Wildman–Crippen LogP) is -0.149. The predicted molar refractivity (Wildman–Crippen MR) is 50.4 cm³/mol. The second-order valence-corrected chi connectivity index (χ2v) is 3.15. The van der Waals surface area contributed by atoms with Crippen molar-refractivity contribution in [2.45, 2.75) is 6.04 Å². The topological polar surface area (TPSA) is 77.2 Å². The maximum absolute atomic E-state index is 11.0. The van der Waals surface area contributed by atoms with Gasteiger partial charge in [0, 0.05) is 0 Å². The van der Waals surface area contributed by atoms with E-state index in [0.717, 1.165) is 5.69 Å². The summed E-state index contributed by atoms with van der Waals surface area (Å²) in [6.45, 7) is 0.591. The Morgan fingerprint density at radius 3 is 3.07 bits per heavy atom. The SMILES string of the molecule is Nc1ccc(C2COCC(=O)N2)nc1. The molecule has 1 fully saturated rings. The minimum absolute atomic E-state index is 0.111. The Labute approximate surface area is 81.3 Å². The monoisotopic (exact) mass is 193 g/mol. The van der Waals surface area contributed by atoms with E-state index in [1.54, 1.807) is 18.3 Å².